The topological polar surface area (TPSA) is 74.4 Å². The van der Waals surface area contributed by atoms with E-state index in [9.17, 15) is 22.8 Å². The molecule has 6 nitrogen and oxygen atoms in total. The molecule has 3 aromatic rings. The van der Waals surface area contributed by atoms with E-state index in [0.29, 0.717) is 30.6 Å². The Morgan fingerprint density at radius 1 is 1.10 bits per heavy atom. The number of H-pyrrole nitrogens is 1. The van der Waals surface area contributed by atoms with E-state index in [4.69, 9.17) is 0 Å². The van der Waals surface area contributed by atoms with Crippen LogP contribution in [-0.2, 0) is 4.79 Å². The molecule has 0 radical (unpaired) electrons. The van der Waals surface area contributed by atoms with Crippen molar-refractivity contribution in [1.29, 1.82) is 0 Å². The number of likely N-dealkylation sites (tertiary alicyclic amines) is 1. The molecule has 0 spiro atoms. The van der Waals surface area contributed by atoms with Crippen LogP contribution >= 0.6 is 0 Å². The molecular weight excluding hydrogens is 411 g/mol. The molecule has 162 valence electrons. The van der Waals surface area contributed by atoms with Gasteiger partial charge in [-0.25, -0.2) is 0 Å². The number of alkyl halides is 3. The van der Waals surface area contributed by atoms with Crippen molar-refractivity contribution in [3.8, 4) is 5.75 Å². The van der Waals surface area contributed by atoms with Crippen LogP contribution in [0.4, 0.5) is 18.9 Å². The number of benzene rings is 2. The van der Waals surface area contributed by atoms with E-state index in [1.54, 1.807) is 11.0 Å². The van der Waals surface area contributed by atoms with Gasteiger partial charge in [0.15, 0.2) is 0 Å². The fraction of sp³-hybridized carbons (Fsp3) is 0.273. The van der Waals surface area contributed by atoms with Crippen molar-refractivity contribution < 1.29 is 27.5 Å². The van der Waals surface area contributed by atoms with E-state index in [0.717, 1.165) is 23.0 Å². The molecule has 1 fully saturated rings. The van der Waals surface area contributed by atoms with E-state index in [2.05, 4.69) is 15.0 Å². The fourth-order valence-corrected chi connectivity index (χ4v) is 3.73. The average Bonchev–Trinajstić information content (AvgIpc) is 3.21. The molecule has 2 amide bonds. The molecule has 1 aliphatic heterocycles. The fourth-order valence-electron chi connectivity index (χ4n) is 3.73. The first-order chi connectivity index (χ1) is 14.8. The first-order valence-electron chi connectivity index (χ1n) is 9.81. The van der Waals surface area contributed by atoms with Crippen LogP contribution in [0.15, 0.2) is 54.7 Å². The summed E-state index contributed by atoms with van der Waals surface area (Å²) in [7, 11) is 0. The zero-order chi connectivity index (χ0) is 22.0. The Labute approximate surface area is 176 Å². The van der Waals surface area contributed by atoms with Crippen LogP contribution in [0.1, 0.15) is 23.2 Å². The second-order valence-electron chi connectivity index (χ2n) is 7.43. The number of aromatic nitrogens is 1. The molecule has 1 atom stereocenters. The van der Waals surface area contributed by atoms with E-state index in [1.165, 1.54) is 12.1 Å². The average molecular weight is 431 g/mol. The summed E-state index contributed by atoms with van der Waals surface area (Å²) in [5.74, 6) is -1.17. The Morgan fingerprint density at radius 2 is 1.87 bits per heavy atom. The summed E-state index contributed by atoms with van der Waals surface area (Å²) < 4.78 is 40.6. The van der Waals surface area contributed by atoms with E-state index in [-0.39, 0.29) is 24.1 Å². The first kappa shape index (κ1) is 20.8. The van der Waals surface area contributed by atoms with Gasteiger partial charge in [-0.3, -0.25) is 9.59 Å². The molecule has 2 N–H and O–H groups in total. The van der Waals surface area contributed by atoms with Gasteiger partial charge in [-0.05, 0) is 61.4 Å². The lowest BCUT2D eigenvalue weighted by Gasteiger charge is -2.32. The van der Waals surface area contributed by atoms with Gasteiger partial charge >= 0.3 is 6.36 Å². The molecule has 0 bridgehead atoms. The first-order valence-corrected chi connectivity index (χ1v) is 9.81. The standard InChI is InChI=1S/C22H20F3N3O3/c23-22(24,25)31-18-6-4-17(5-7-18)27-20(29)16-2-1-11-28(13-16)21(30)15-3-8-19-14(12-15)9-10-26-19/h3-10,12,16,26H,1-2,11,13H2,(H,27,29)/t16-/m0/s1. The Morgan fingerprint density at radius 3 is 2.61 bits per heavy atom. The van der Waals surface area contributed by atoms with Gasteiger partial charge in [0, 0.05) is 41.4 Å². The lowest BCUT2D eigenvalue weighted by molar-refractivity contribution is -0.274. The molecule has 1 saturated heterocycles. The summed E-state index contributed by atoms with van der Waals surface area (Å²) in [6.07, 6.45) is -1.65. The minimum atomic E-state index is -4.77. The van der Waals surface area contributed by atoms with Gasteiger partial charge in [0.1, 0.15) is 5.75 Å². The second-order valence-corrected chi connectivity index (χ2v) is 7.43. The number of piperidine rings is 1. The maximum absolute atomic E-state index is 12.9. The predicted molar refractivity (Wildman–Crippen MR) is 109 cm³/mol. The highest BCUT2D eigenvalue weighted by Crippen LogP contribution is 2.25. The highest BCUT2D eigenvalue weighted by atomic mass is 19.4. The van der Waals surface area contributed by atoms with Gasteiger partial charge < -0.3 is 19.9 Å². The minimum absolute atomic E-state index is 0.130. The van der Waals surface area contributed by atoms with Gasteiger partial charge in [0.25, 0.3) is 5.91 Å². The summed E-state index contributed by atoms with van der Waals surface area (Å²) >= 11 is 0. The van der Waals surface area contributed by atoms with Gasteiger partial charge in [0.2, 0.25) is 5.91 Å². The van der Waals surface area contributed by atoms with Crippen molar-refractivity contribution in [1.82, 2.24) is 9.88 Å². The van der Waals surface area contributed by atoms with Crippen LogP contribution in [0.25, 0.3) is 10.9 Å². The van der Waals surface area contributed by atoms with Crippen LogP contribution in [-0.4, -0.2) is 41.2 Å². The largest absolute Gasteiger partial charge is 0.573 e. The molecule has 2 heterocycles. The number of anilines is 1. The van der Waals surface area contributed by atoms with Gasteiger partial charge in [-0.15, -0.1) is 13.2 Å². The van der Waals surface area contributed by atoms with Crippen LogP contribution < -0.4 is 10.1 Å². The summed E-state index contributed by atoms with van der Waals surface area (Å²) in [5, 5.41) is 3.64. The normalized spacial score (nSPS) is 16.9. The Bertz CT molecular complexity index is 1090. The van der Waals surface area contributed by atoms with Crippen molar-refractivity contribution in [2.24, 2.45) is 5.92 Å². The number of hydrogen-bond acceptors (Lipinski definition) is 3. The third-order valence-electron chi connectivity index (χ3n) is 5.24. The minimum Gasteiger partial charge on any atom is -0.406 e. The number of carbonyl (C=O) groups excluding carboxylic acids is 2. The number of rotatable bonds is 4. The number of ether oxygens (including phenoxy) is 1. The molecule has 31 heavy (non-hydrogen) atoms. The Hall–Kier alpha value is -3.49. The molecule has 1 aliphatic rings. The number of amides is 2. The molecule has 0 aliphatic carbocycles. The molecule has 1 aromatic heterocycles. The van der Waals surface area contributed by atoms with Crippen molar-refractivity contribution in [3.63, 3.8) is 0 Å². The van der Waals surface area contributed by atoms with Crippen molar-refractivity contribution >= 4 is 28.4 Å². The van der Waals surface area contributed by atoms with Crippen LogP contribution in [0.5, 0.6) is 5.75 Å². The van der Waals surface area contributed by atoms with Crippen molar-refractivity contribution in [3.05, 3.63) is 60.3 Å². The number of hydrogen-bond donors (Lipinski definition) is 2. The maximum atomic E-state index is 12.9. The molecule has 9 heteroatoms. The van der Waals surface area contributed by atoms with Gasteiger partial charge in [-0.2, -0.15) is 0 Å². The smallest absolute Gasteiger partial charge is 0.406 e. The summed E-state index contributed by atoms with van der Waals surface area (Å²) in [5.41, 5.74) is 1.87. The predicted octanol–water partition coefficient (Wildman–Crippen LogP) is 4.56. The molecular formula is C22H20F3N3O3. The number of carbonyl (C=O) groups is 2. The second kappa shape index (κ2) is 8.33. The molecule has 0 unspecified atom stereocenters. The van der Waals surface area contributed by atoms with Crippen molar-refractivity contribution in [2.75, 3.05) is 18.4 Å². The van der Waals surface area contributed by atoms with E-state index >= 15 is 0 Å². The monoisotopic (exact) mass is 431 g/mol. The van der Waals surface area contributed by atoms with Gasteiger partial charge in [0.05, 0.1) is 5.92 Å². The zero-order valence-electron chi connectivity index (χ0n) is 16.4. The third-order valence-corrected chi connectivity index (χ3v) is 5.24. The van der Waals surface area contributed by atoms with Crippen LogP contribution in [0.3, 0.4) is 0 Å². The summed E-state index contributed by atoms with van der Waals surface area (Å²) in [6, 6.07) is 12.3. The Balaban J connectivity index is 1.38. The maximum Gasteiger partial charge on any atom is 0.573 e. The van der Waals surface area contributed by atoms with Crippen LogP contribution in [0, 0.1) is 5.92 Å². The zero-order valence-corrected chi connectivity index (χ0v) is 16.4. The molecule has 4 rings (SSSR count). The van der Waals surface area contributed by atoms with E-state index in [1.807, 2.05) is 24.4 Å². The van der Waals surface area contributed by atoms with E-state index < -0.39 is 12.3 Å². The number of nitrogens with one attached hydrogen (secondary N) is 2. The number of fused-ring (bicyclic) bond motifs is 1. The summed E-state index contributed by atoms with van der Waals surface area (Å²) in [4.78, 5) is 30.3. The van der Waals surface area contributed by atoms with Gasteiger partial charge in [-0.1, -0.05) is 0 Å². The highest BCUT2D eigenvalue weighted by Gasteiger charge is 2.31. The molecule has 2 aromatic carbocycles. The SMILES string of the molecule is O=C(Nc1ccc(OC(F)(F)F)cc1)[C@H]1CCCN(C(=O)c2ccc3[nH]ccc3c2)C1. The number of halogens is 3. The number of aromatic amines is 1. The highest BCUT2D eigenvalue weighted by molar-refractivity contribution is 5.99. The third kappa shape index (κ3) is 4.99. The lowest BCUT2D eigenvalue weighted by Crippen LogP contribution is -2.43. The number of nitrogens with zero attached hydrogens (tertiary/aromatic N) is 1. The lowest BCUT2D eigenvalue weighted by atomic mass is 9.96. The Kier molecular flexibility index (Phi) is 5.58. The molecule has 0 saturated carbocycles. The van der Waals surface area contributed by atoms with Crippen LogP contribution in [0.2, 0.25) is 0 Å². The van der Waals surface area contributed by atoms with Crippen molar-refractivity contribution in [2.45, 2.75) is 19.2 Å². The summed E-state index contributed by atoms with van der Waals surface area (Å²) in [6.45, 7) is 0.850. The quantitative estimate of drug-likeness (QED) is 0.636.